The molecule has 1 aromatic carbocycles. The summed E-state index contributed by atoms with van der Waals surface area (Å²) in [5, 5.41) is 8.75. The summed E-state index contributed by atoms with van der Waals surface area (Å²) in [5.74, 6) is -0.373. The van der Waals surface area contributed by atoms with E-state index in [2.05, 4.69) is 4.90 Å². The fraction of sp³-hybridized carbons (Fsp3) is 0.533. The van der Waals surface area contributed by atoms with Gasteiger partial charge in [0.15, 0.2) is 0 Å². The minimum absolute atomic E-state index is 0.0670. The molecule has 0 aromatic heterocycles. The zero-order valence-corrected chi connectivity index (χ0v) is 12.7. The summed E-state index contributed by atoms with van der Waals surface area (Å²) in [6, 6.07) is 4.92. The van der Waals surface area contributed by atoms with Gasteiger partial charge in [-0.3, -0.25) is 4.90 Å². The van der Waals surface area contributed by atoms with E-state index < -0.39 is 0 Å². The lowest BCUT2D eigenvalue weighted by atomic mass is 10.1. The molecule has 1 aliphatic rings. The predicted octanol–water partition coefficient (Wildman–Crippen LogP) is 1.43. The summed E-state index contributed by atoms with van der Waals surface area (Å²) in [5.41, 5.74) is 6.84. The monoisotopic (exact) mass is 312 g/mol. The van der Waals surface area contributed by atoms with Crippen LogP contribution in [0.2, 0.25) is 0 Å². The second kappa shape index (κ2) is 7.79. The van der Waals surface area contributed by atoms with Crippen LogP contribution in [0.4, 0.5) is 4.39 Å². The normalized spacial score (nSPS) is 17.0. The highest BCUT2D eigenvalue weighted by atomic mass is 32.1. The van der Waals surface area contributed by atoms with Crippen molar-refractivity contribution in [1.82, 2.24) is 4.90 Å². The quantitative estimate of drug-likeness (QED) is 0.778. The van der Waals surface area contributed by atoms with E-state index in [1.165, 1.54) is 6.07 Å². The number of likely N-dealkylation sites (tertiary alicyclic amines) is 1. The van der Waals surface area contributed by atoms with Crippen molar-refractivity contribution in [2.45, 2.75) is 25.5 Å². The average molecular weight is 312 g/mol. The molecular weight excluding hydrogens is 291 g/mol. The van der Waals surface area contributed by atoms with Crippen LogP contribution in [0.1, 0.15) is 24.0 Å². The Morgan fingerprint density at radius 3 is 2.76 bits per heavy atom. The van der Waals surface area contributed by atoms with Gasteiger partial charge in [-0.15, -0.1) is 0 Å². The van der Waals surface area contributed by atoms with Crippen molar-refractivity contribution < 1.29 is 14.2 Å². The molecule has 1 fully saturated rings. The molecule has 1 heterocycles. The summed E-state index contributed by atoms with van der Waals surface area (Å²) in [6.07, 6.45) is 2.13. The molecule has 4 nitrogen and oxygen atoms in total. The zero-order chi connectivity index (χ0) is 15.2. The summed E-state index contributed by atoms with van der Waals surface area (Å²) in [4.78, 5) is 2.39. The second-order valence-corrected chi connectivity index (χ2v) is 5.69. The van der Waals surface area contributed by atoms with E-state index in [9.17, 15) is 4.39 Å². The molecule has 6 heteroatoms. The van der Waals surface area contributed by atoms with Crippen LogP contribution < -0.4 is 5.73 Å². The summed E-state index contributed by atoms with van der Waals surface area (Å²) < 4.78 is 19.1. The molecule has 0 amide bonds. The van der Waals surface area contributed by atoms with Crippen molar-refractivity contribution in [3.63, 3.8) is 0 Å². The van der Waals surface area contributed by atoms with Crippen LogP contribution in [0.15, 0.2) is 18.2 Å². The number of nitrogens with two attached hydrogens (primary N) is 1. The largest absolute Gasteiger partial charge is 0.394 e. The third-order valence-electron chi connectivity index (χ3n) is 3.68. The first-order valence-corrected chi connectivity index (χ1v) is 7.54. The number of benzene rings is 1. The van der Waals surface area contributed by atoms with Crippen molar-refractivity contribution in [1.29, 1.82) is 0 Å². The fourth-order valence-electron chi connectivity index (χ4n) is 2.57. The molecule has 21 heavy (non-hydrogen) atoms. The number of piperidine rings is 1. The van der Waals surface area contributed by atoms with Crippen LogP contribution in [0.3, 0.4) is 0 Å². The van der Waals surface area contributed by atoms with Crippen LogP contribution >= 0.6 is 12.2 Å². The van der Waals surface area contributed by atoms with Gasteiger partial charge in [-0.05, 0) is 30.5 Å². The number of hydrogen-bond acceptors (Lipinski definition) is 4. The van der Waals surface area contributed by atoms with Gasteiger partial charge in [-0.2, -0.15) is 0 Å². The molecular formula is C15H21FN2O2S. The molecule has 116 valence electrons. The molecule has 1 saturated heterocycles. The van der Waals surface area contributed by atoms with Gasteiger partial charge in [0, 0.05) is 25.2 Å². The van der Waals surface area contributed by atoms with Crippen LogP contribution in [0.5, 0.6) is 0 Å². The minimum atomic E-state index is -0.373. The van der Waals surface area contributed by atoms with Crippen molar-refractivity contribution in [2.75, 3.05) is 26.3 Å². The number of thiocarbonyl (C=S) groups is 1. The highest BCUT2D eigenvalue weighted by molar-refractivity contribution is 7.80. The Morgan fingerprint density at radius 1 is 1.43 bits per heavy atom. The van der Waals surface area contributed by atoms with Crippen molar-refractivity contribution >= 4 is 17.2 Å². The molecule has 2 rings (SSSR count). The fourth-order valence-corrected chi connectivity index (χ4v) is 2.73. The first-order valence-electron chi connectivity index (χ1n) is 7.13. The smallest absolute Gasteiger partial charge is 0.133 e. The maximum Gasteiger partial charge on any atom is 0.133 e. The van der Waals surface area contributed by atoms with Crippen LogP contribution in [-0.4, -0.2) is 47.4 Å². The highest BCUT2D eigenvalue weighted by Crippen LogP contribution is 2.18. The van der Waals surface area contributed by atoms with E-state index in [1.807, 2.05) is 0 Å². The van der Waals surface area contributed by atoms with Gasteiger partial charge < -0.3 is 15.6 Å². The van der Waals surface area contributed by atoms with Gasteiger partial charge in [0.1, 0.15) is 10.8 Å². The number of rotatable bonds is 6. The number of ether oxygens (including phenoxy) is 1. The predicted molar refractivity (Wildman–Crippen MR) is 83.6 cm³/mol. The molecule has 0 aliphatic carbocycles. The van der Waals surface area contributed by atoms with E-state index in [1.54, 1.807) is 12.1 Å². The molecule has 0 radical (unpaired) electrons. The van der Waals surface area contributed by atoms with Gasteiger partial charge in [0.2, 0.25) is 0 Å². The van der Waals surface area contributed by atoms with E-state index >= 15 is 0 Å². The van der Waals surface area contributed by atoms with Gasteiger partial charge in [-0.1, -0.05) is 18.3 Å². The molecule has 0 atom stereocenters. The lowest BCUT2D eigenvalue weighted by Gasteiger charge is -2.31. The Labute approximate surface area is 129 Å². The number of nitrogens with zero attached hydrogens (tertiary/aromatic N) is 1. The van der Waals surface area contributed by atoms with E-state index in [0.29, 0.717) is 12.2 Å². The molecule has 0 bridgehead atoms. The Kier molecular flexibility index (Phi) is 6.05. The molecule has 0 unspecified atom stereocenters. The second-order valence-electron chi connectivity index (χ2n) is 5.25. The summed E-state index contributed by atoms with van der Waals surface area (Å²) >= 11 is 4.86. The molecule has 0 saturated carbocycles. The number of hydrogen-bond donors (Lipinski definition) is 2. The zero-order valence-electron chi connectivity index (χ0n) is 11.9. The van der Waals surface area contributed by atoms with Crippen LogP contribution in [0.25, 0.3) is 0 Å². The first-order chi connectivity index (χ1) is 10.1. The van der Waals surface area contributed by atoms with Crippen molar-refractivity contribution in [3.05, 3.63) is 35.1 Å². The Morgan fingerprint density at radius 2 is 2.14 bits per heavy atom. The Balaban J connectivity index is 1.89. The van der Waals surface area contributed by atoms with Gasteiger partial charge in [0.05, 0.1) is 19.3 Å². The lowest BCUT2D eigenvalue weighted by Crippen LogP contribution is -2.37. The van der Waals surface area contributed by atoms with Crippen LogP contribution in [0, 0.1) is 5.82 Å². The van der Waals surface area contributed by atoms with Gasteiger partial charge in [0.25, 0.3) is 0 Å². The Bertz CT molecular complexity index is 491. The van der Waals surface area contributed by atoms with Crippen molar-refractivity contribution in [3.8, 4) is 0 Å². The Hall–Kier alpha value is -1.08. The highest BCUT2D eigenvalue weighted by Gasteiger charge is 2.19. The summed E-state index contributed by atoms with van der Waals surface area (Å²) in [7, 11) is 0. The van der Waals surface area contributed by atoms with E-state index in [4.69, 9.17) is 27.8 Å². The number of halogens is 1. The van der Waals surface area contributed by atoms with Crippen LogP contribution in [-0.2, 0) is 11.3 Å². The molecule has 1 aromatic rings. The van der Waals surface area contributed by atoms with Gasteiger partial charge >= 0.3 is 0 Å². The first kappa shape index (κ1) is 16.3. The third-order valence-corrected chi connectivity index (χ3v) is 3.90. The van der Waals surface area contributed by atoms with E-state index in [-0.39, 0.29) is 23.5 Å². The van der Waals surface area contributed by atoms with E-state index in [0.717, 1.165) is 38.0 Å². The van der Waals surface area contributed by atoms with Crippen molar-refractivity contribution in [2.24, 2.45) is 5.73 Å². The topological polar surface area (TPSA) is 58.7 Å². The summed E-state index contributed by atoms with van der Waals surface area (Å²) in [6.45, 7) is 3.08. The average Bonchev–Trinajstić information content (AvgIpc) is 2.48. The number of aliphatic hydroxyl groups excluding tert-OH is 1. The van der Waals surface area contributed by atoms with Gasteiger partial charge in [-0.25, -0.2) is 4.39 Å². The molecule has 3 N–H and O–H groups in total. The lowest BCUT2D eigenvalue weighted by molar-refractivity contribution is -0.00901. The maximum absolute atomic E-state index is 13.6. The minimum Gasteiger partial charge on any atom is -0.394 e. The molecule has 1 aliphatic heterocycles. The standard InChI is InChI=1S/C15H21FN2O2S/c16-14-2-1-11(9-13(14)15(17)21)10-18-5-3-12(4-6-18)20-8-7-19/h1-2,9,12,19H,3-8,10H2,(H2,17,21). The SMILES string of the molecule is NC(=S)c1cc(CN2CCC(OCCO)CC2)ccc1F. The third kappa shape index (κ3) is 4.71. The number of aliphatic hydroxyl groups is 1. The molecule has 0 spiro atoms. The maximum atomic E-state index is 13.6.